The molecule has 0 aliphatic heterocycles. The third-order valence-corrected chi connectivity index (χ3v) is 4.26. The zero-order valence-corrected chi connectivity index (χ0v) is 14.1. The van der Waals surface area contributed by atoms with Gasteiger partial charge in [0.2, 0.25) is 0 Å². The standard InChI is InChI=1S/C22H18N4/c23-15-7-9-17(19(13-15)21-5-1-3-11-25-21)18-10-8-16(24)14-20(18)22-6-2-4-12-26-22/h1-14H,23-24H2. The molecule has 4 nitrogen and oxygen atoms in total. The third kappa shape index (κ3) is 3.00. The van der Waals surface area contributed by atoms with Crippen molar-refractivity contribution in [2.75, 3.05) is 11.5 Å². The van der Waals surface area contributed by atoms with Crippen LogP contribution in [-0.2, 0) is 0 Å². The molecule has 2 heterocycles. The quantitative estimate of drug-likeness (QED) is 0.533. The van der Waals surface area contributed by atoms with Crippen LogP contribution in [-0.4, -0.2) is 9.97 Å². The molecule has 0 bridgehead atoms. The van der Waals surface area contributed by atoms with Gasteiger partial charge < -0.3 is 11.5 Å². The van der Waals surface area contributed by atoms with E-state index in [1.165, 1.54) is 0 Å². The van der Waals surface area contributed by atoms with Crippen molar-refractivity contribution in [1.82, 2.24) is 9.97 Å². The molecule has 0 unspecified atom stereocenters. The number of nitrogens with two attached hydrogens (primary N) is 2. The summed E-state index contributed by atoms with van der Waals surface area (Å²) in [4.78, 5) is 9.00. The maximum atomic E-state index is 6.06. The summed E-state index contributed by atoms with van der Waals surface area (Å²) in [5, 5.41) is 0. The summed E-state index contributed by atoms with van der Waals surface area (Å²) in [5.74, 6) is 0. The molecule has 0 saturated carbocycles. The number of hydrogen-bond acceptors (Lipinski definition) is 4. The topological polar surface area (TPSA) is 77.8 Å². The molecule has 0 aliphatic rings. The first kappa shape index (κ1) is 15.8. The van der Waals surface area contributed by atoms with Crippen LogP contribution in [0.2, 0.25) is 0 Å². The van der Waals surface area contributed by atoms with Crippen LogP contribution in [0, 0.1) is 0 Å². The Morgan fingerprint density at radius 1 is 0.500 bits per heavy atom. The molecule has 26 heavy (non-hydrogen) atoms. The van der Waals surface area contributed by atoms with Crippen molar-refractivity contribution in [1.29, 1.82) is 0 Å². The Kier molecular flexibility index (Phi) is 4.07. The minimum atomic E-state index is 0.698. The van der Waals surface area contributed by atoms with Gasteiger partial charge in [0.15, 0.2) is 0 Å². The van der Waals surface area contributed by atoms with Gasteiger partial charge in [-0.15, -0.1) is 0 Å². The molecule has 0 atom stereocenters. The normalized spacial score (nSPS) is 10.6. The fourth-order valence-corrected chi connectivity index (χ4v) is 3.06. The minimum Gasteiger partial charge on any atom is -0.399 e. The smallest absolute Gasteiger partial charge is 0.0708 e. The Hall–Kier alpha value is -3.66. The van der Waals surface area contributed by atoms with Gasteiger partial charge >= 0.3 is 0 Å². The SMILES string of the molecule is Nc1ccc(-c2ccc(N)cc2-c2ccccn2)c(-c2ccccn2)c1. The first-order valence-electron chi connectivity index (χ1n) is 8.34. The Labute approximate surface area is 152 Å². The van der Waals surface area contributed by atoms with Gasteiger partial charge in [-0.25, -0.2) is 0 Å². The monoisotopic (exact) mass is 338 g/mol. The van der Waals surface area contributed by atoms with Gasteiger partial charge in [0.25, 0.3) is 0 Å². The lowest BCUT2D eigenvalue weighted by Gasteiger charge is -2.15. The van der Waals surface area contributed by atoms with Crippen LogP contribution in [0.4, 0.5) is 11.4 Å². The molecule has 2 aromatic carbocycles. The summed E-state index contributed by atoms with van der Waals surface area (Å²) in [6.07, 6.45) is 3.57. The lowest BCUT2D eigenvalue weighted by Crippen LogP contribution is -1.95. The molecule has 0 aliphatic carbocycles. The Morgan fingerprint density at radius 2 is 0.962 bits per heavy atom. The predicted molar refractivity (Wildman–Crippen MR) is 107 cm³/mol. The first-order valence-corrected chi connectivity index (χ1v) is 8.34. The van der Waals surface area contributed by atoms with E-state index in [4.69, 9.17) is 11.5 Å². The van der Waals surface area contributed by atoms with Gasteiger partial charge in [-0.05, 0) is 59.7 Å². The fourth-order valence-electron chi connectivity index (χ4n) is 3.06. The Balaban J connectivity index is 1.98. The van der Waals surface area contributed by atoms with Crippen molar-refractivity contribution in [2.45, 2.75) is 0 Å². The molecule has 4 heteroatoms. The highest BCUT2D eigenvalue weighted by Crippen LogP contribution is 2.38. The van der Waals surface area contributed by atoms with E-state index in [1.807, 2.05) is 72.8 Å². The second-order valence-corrected chi connectivity index (χ2v) is 6.04. The summed E-state index contributed by atoms with van der Waals surface area (Å²) in [6.45, 7) is 0. The molecule has 4 rings (SSSR count). The Morgan fingerprint density at radius 3 is 1.35 bits per heavy atom. The van der Waals surface area contributed by atoms with E-state index in [1.54, 1.807) is 12.4 Å². The molecule has 0 spiro atoms. The second-order valence-electron chi connectivity index (χ2n) is 6.04. The molecule has 0 saturated heterocycles. The van der Waals surface area contributed by atoms with Crippen molar-refractivity contribution in [3.63, 3.8) is 0 Å². The number of rotatable bonds is 3. The van der Waals surface area contributed by atoms with Gasteiger partial charge in [-0.1, -0.05) is 24.3 Å². The molecule has 0 radical (unpaired) electrons. The average Bonchev–Trinajstić information content (AvgIpc) is 2.69. The molecular weight excluding hydrogens is 320 g/mol. The van der Waals surface area contributed by atoms with E-state index in [-0.39, 0.29) is 0 Å². The Bertz CT molecular complexity index is 957. The highest BCUT2D eigenvalue weighted by Gasteiger charge is 2.14. The van der Waals surface area contributed by atoms with Gasteiger partial charge in [0.1, 0.15) is 0 Å². The van der Waals surface area contributed by atoms with Crippen LogP contribution in [0.3, 0.4) is 0 Å². The number of anilines is 2. The van der Waals surface area contributed by atoms with Crippen LogP contribution in [0.15, 0.2) is 85.2 Å². The van der Waals surface area contributed by atoms with E-state index >= 15 is 0 Å². The summed E-state index contributed by atoms with van der Waals surface area (Å²) in [6, 6.07) is 23.5. The van der Waals surface area contributed by atoms with Gasteiger partial charge in [0.05, 0.1) is 11.4 Å². The van der Waals surface area contributed by atoms with Gasteiger partial charge in [0, 0.05) is 34.9 Å². The van der Waals surface area contributed by atoms with E-state index in [9.17, 15) is 0 Å². The summed E-state index contributed by atoms with van der Waals surface area (Å²) in [7, 11) is 0. The van der Waals surface area contributed by atoms with Crippen molar-refractivity contribution in [3.8, 4) is 33.6 Å². The average molecular weight is 338 g/mol. The van der Waals surface area contributed by atoms with Gasteiger partial charge in [-0.3, -0.25) is 9.97 Å². The van der Waals surface area contributed by atoms with Gasteiger partial charge in [-0.2, -0.15) is 0 Å². The molecule has 0 fully saturated rings. The first-order chi connectivity index (χ1) is 12.7. The van der Waals surface area contributed by atoms with E-state index in [0.29, 0.717) is 11.4 Å². The highest BCUT2D eigenvalue weighted by atomic mass is 14.7. The molecule has 2 aromatic heterocycles. The fraction of sp³-hybridized carbons (Fsp3) is 0. The highest BCUT2D eigenvalue weighted by molar-refractivity contribution is 5.92. The molecule has 0 amide bonds. The summed E-state index contributed by atoms with van der Waals surface area (Å²) >= 11 is 0. The molecular formula is C22H18N4. The zero-order chi connectivity index (χ0) is 17.9. The maximum absolute atomic E-state index is 6.06. The zero-order valence-electron chi connectivity index (χ0n) is 14.1. The number of nitrogens with zero attached hydrogens (tertiary/aromatic N) is 2. The summed E-state index contributed by atoms with van der Waals surface area (Å²) < 4.78 is 0. The van der Waals surface area contributed by atoms with Crippen LogP contribution >= 0.6 is 0 Å². The lowest BCUT2D eigenvalue weighted by atomic mass is 9.91. The largest absolute Gasteiger partial charge is 0.399 e. The third-order valence-electron chi connectivity index (χ3n) is 4.26. The van der Waals surface area contributed by atoms with E-state index in [2.05, 4.69) is 9.97 Å². The lowest BCUT2D eigenvalue weighted by molar-refractivity contribution is 1.32. The van der Waals surface area contributed by atoms with Crippen LogP contribution in [0.5, 0.6) is 0 Å². The number of pyridine rings is 2. The van der Waals surface area contributed by atoms with E-state index in [0.717, 1.165) is 33.6 Å². The molecule has 4 N–H and O–H groups in total. The van der Waals surface area contributed by atoms with Crippen LogP contribution in [0.1, 0.15) is 0 Å². The maximum Gasteiger partial charge on any atom is 0.0708 e. The predicted octanol–water partition coefficient (Wildman–Crippen LogP) is 4.64. The number of benzene rings is 2. The van der Waals surface area contributed by atoms with E-state index < -0.39 is 0 Å². The molecule has 4 aromatic rings. The number of nitrogen functional groups attached to an aromatic ring is 2. The number of hydrogen-bond donors (Lipinski definition) is 2. The van der Waals surface area contributed by atoms with Crippen LogP contribution in [0.25, 0.3) is 33.6 Å². The number of aromatic nitrogens is 2. The second kappa shape index (κ2) is 6.69. The minimum absolute atomic E-state index is 0.698. The van der Waals surface area contributed by atoms with Crippen molar-refractivity contribution in [3.05, 3.63) is 85.2 Å². The van der Waals surface area contributed by atoms with Crippen LogP contribution < -0.4 is 11.5 Å². The molecule has 126 valence electrons. The van der Waals surface area contributed by atoms with Crippen molar-refractivity contribution >= 4 is 11.4 Å². The summed E-state index contributed by atoms with van der Waals surface area (Å²) in [5.41, 5.74) is 19.3. The van der Waals surface area contributed by atoms with Crippen molar-refractivity contribution in [2.24, 2.45) is 0 Å². The van der Waals surface area contributed by atoms with Crippen molar-refractivity contribution < 1.29 is 0 Å².